The summed E-state index contributed by atoms with van der Waals surface area (Å²) in [6.07, 6.45) is 2.43. The van der Waals surface area contributed by atoms with Gasteiger partial charge in [-0.1, -0.05) is 102 Å². The Balaban J connectivity index is 0. The molecule has 0 radical (unpaired) electrons. The first-order chi connectivity index (χ1) is 13.3. The van der Waals surface area contributed by atoms with Crippen LogP contribution in [0.15, 0.2) is 60.7 Å². The Morgan fingerprint density at radius 3 is 1.33 bits per heavy atom. The zero-order valence-corrected chi connectivity index (χ0v) is 22.3. The van der Waals surface area contributed by atoms with E-state index in [1.807, 2.05) is 27.7 Å². The third-order valence-electron chi connectivity index (χ3n) is 3.09. The maximum absolute atomic E-state index is 4.57. The molecule has 0 heterocycles. The molecule has 2 aromatic rings. The predicted molar refractivity (Wildman–Crippen MR) is 144 cm³/mol. The maximum Gasteiger partial charge on any atom is 0.00892 e. The molecule has 0 N–H and O–H groups in total. The molecule has 2 aromatic carbocycles. The minimum atomic E-state index is 0.549. The van der Waals surface area contributed by atoms with Crippen molar-refractivity contribution in [2.24, 2.45) is 0 Å². The number of hydrogen-bond acceptors (Lipinski definition) is 2. The number of rotatable bonds is 4. The van der Waals surface area contributed by atoms with Crippen molar-refractivity contribution in [1.82, 2.24) is 0 Å². The van der Waals surface area contributed by atoms with Crippen molar-refractivity contribution in [1.29, 1.82) is 0 Å². The Kier molecular flexibility index (Phi) is 26.0. The maximum atomic E-state index is 4.57. The van der Waals surface area contributed by atoms with E-state index in [0.29, 0.717) is 5.92 Å². The molecule has 7 heteroatoms. The van der Waals surface area contributed by atoms with Gasteiger partial charge in [0.2, 0.25) is 0 Å². The van der Waals surface area contributed by atoms with E-state index >= 15 is 0 Å². The Labute approximate surface area is 190 Å². The fraction of sp³-hybridized carbons (Fsp3) is 0.400. The quantitative estimate of drug-likeness (QED) is 0.466. The summed E-state index contributed by atoms with van der Waals surface area (Å²) in [6, 6.07) is 21.6. The van der Waals surface area contributed by atoms with E-state index < -0.39 is 0 Å². The van der Waals surface area contributed by atoms with Crippen LogP contribution in [0.4, 0.5) is 0 Å². The van der Waals surface area contributed by atoms with Gasteiger partial charge in [-0.05, 0) is 17.5 Å². The first kappa shape index (κ1) is 29.2. The average Bonchev–Trinajstić information content (AvgIpc) is 2.77. The van der Waals surface area contributed by atoms with Gasteiger partial charge in [-0.15, -0.1) is 0 Å². The first-order valence-corrected chi connectivity index (χ1v) is 17.0. The fourth-order valence-electron chi connectivity index (χ4n) is 2.22. The molecular formula is C20H30S7. The molecule has 0 atom stereocenters. The van der Waals surface area contributed by atoms with Gasteiger partial charge in [-0.25, -0.2) is 0 Å². The molecule has 0 aliphatic heterocycles. The highest BCUT2D eigenvalue weighted by Crippen LogP contribution is 2.28. The fourth-order valence-corrected chi connectivity index (χ4v) is 10.5. The zero-order chi connectivity index (χ0) is 20.8. The van der Waals surface area contributed by atoms with E-state index in [9.17, 15) is 0 Å². The highest BCUT2D eigenvalue weighted by atomic mass is 33.4. The van der Waals surface area contributed by atoms with Crippen LogP contribution in [0.1, 0.15) is 64.5 Å². The molecule has 0 saturated heterocycles. The molecule has 0 amide bonds. The largest absolute Gasteiger partial charge is 0.0683 e. The molecule has 2 rings (SSSR count). The third kappa shape index (κ3) is 15.6. The van der Waals surface area contributed by atoms with E-state index in [2.05, 4.69) is 90.0 Å². The summed E-state index contributed by atoms with van der Waals surface area (Å²) in [4.78, 5) is 0. The van der Waals surface area contributed by atoms with Crippen LogP contribution >= 0.6 is 0 Å². The van der Waals surface area contributed by atoms with Crippen molar-refractivity contribution >= 4 is 66.8 Å². The van der Waals surface area contributed by atoms with Gasteiger partial charge in [-0.3, -0.25) is 0 Å². The molecular weight excluding hydrogens is 465 g/mol. The van der Waals surface area contributed by atoms with Crippen molar-refractivity contribution in [3.05, 3.63) is 71.8 Å². The van der Waals surface area contributed by atoms with Crippen molar-refractivity contribution in [3.63, 3.8) is 0 Å². The lowest BCUT2D eigenvalue weighted by molar-refractivity contribution is 0.698. The summed E-state index contributed by atoms with van der Waals surface area (Å²) in [6.45, 7) is 10.2. The average molecular weight is 495 g/mol. The summed E-state index contributed by atoms with van der Waals surface area (Å²) in [5, 5.41) is 0. The monoisotopic (exact) mass is 494 g/mol. The van der Waals surface area contributed by atoms with Gasteiger partial charge in [0, 0.05) is 72.7 Å². The van der Waals surface area contributed by atoms with E-state index in [1.165, 1.54) is 41.7 Å². The van der Waals surface area contributed by atoms with Crippen LogP contribution in [0.5, 0.6) is 0 Å². The molecule has 0 fully saturated rings. The predicted octanol–water partition coefficient (Wildman–Crippen LogP) is 6.65. The van der Waals surface area contributed by atoms with Gasteiger partial charge in [0.15, 0.2) is 0 Å². The van der Waals surface area contributed by atoms with Crippen LogP contribution in [0.25, 0.3) is 0 Å². The van der Waals surface area contributed by atoms with E-state index in [0.717, 1.165) is 0 Å². The lowest BCUT2D eigenvalue weighted by atomic mass is 9.88. The molecule has 0 aliphatic carbocycles. The zero-order valence-electron chi connectivity index (χ0n) is 16.6. The molecule has 0 nitrogen and oxygen atoms in total. The van der Waals surface area contributed by atoms with Gasteiger partial charge < -0.3 is 0 Å². The molecule has 0 saturated carbocycles. The van der Waals surface area contributed by atoms with Gasteiger partial charge in [-0.2, -0.15) is 0 Å². The minimum Gasteiger partial charge on any atom is -0.0683 e. The highest BCUT2D eigenvalue weighted by Gasteiger charge is 2.11. The van der Waals surface area contributed by atoms with Crippen molar-refractivity contribution < 1.29 is 0 Å². The number of benzene rings is 2. The van der Waals surface area contributed by atoms with Crippen LogP contribution in [0.2, 0.25) is 0 Å². The van der Waals surface area contributed by atoms with E-state index in [-0.39, 0.29) is 0 Å². The Hall–Kier alpha value is -0.0200. The van der Waals surface area contributed by atoms with Crippen LogP contribution in [-0.4, -0.2) is 0 Å². The van der Waals surface area contributed by atoms with Crippen molar-refractivity contribution in [2.45, 2.75) is 53.4 Å². The molecule has 0 bridgehead atoms. The standard InChI is InChI=1S/C16H18.2C2H6.S7/c1-2-9-16(14-10-5-3-6-11-14)15-12-7-4-8-13-15;2*1-2;1-3-5-7-6-4-2/h3-8,10-13,16H,2,9H2,1H3;2*1-2H3;. The summed E-state index contributed by atoms with van der Waals surface area (Å²) < 4.78 is 0. The van der Waals surface area contributed by atoms with Crippen LogP contribution in [0, 0.1) is 0 Å². The van der Waals surface area contributed by atoms with Crippen LogP contribution < -0.4 is 0 Å². The van der Waals surface area contributed by atoms with Crippen LogP contribution in [-0.2, 0) is 66.8 Å². The normalized spacial score (nSPS) is 8.37. The minimum absolute atomic E-state index is 0.549. The topological polar surface area (TPSA) is 0 Å². The first-order valence-electron chi connectivity index (χ1n) is 9.01. The Bertz CT molecular complexity index is 699. The third-order valence-corrected chi connectivity index (χ3v) is 12.0. The van der Waals surface area contributed by atoms with Gasteiger partial charge >= 0.3 is 0 Å². The molecule has 0 spiro atoms. The van der Waals surface area contributed by atoms with Gasteiger partial charge in [0.1, 0.15) is 0 Å². The Morgan fingerprint density at radius 1 is 0.667 bits per heavy atom. The lowest BCUT2D eigenvalue weighted by Crippen LogP contribution is -2.00. The smallest absolute Gasteiger partial charge is 0.00892 e. The number of hydrogen-bond donors (Lipinski definition) is 0. The van der Waals surface area contributed by atoms with Crippen LogP contribution in [0.3, 0.4) is 0 Å². The molecule has 152 valence electrons. The summed E-state index contributed by atoms with van der Waals surface area (Å²) in [5.41, 5.74) is 2.85. The lowest BCUT2D eigenvalue weighted by Gasteiger charge is -2.17. The second kappa shape index (κ2) is 24.0. The summed E-state index contributed by atoms with van der Waals surface area (Å²) >= 11 is 9.14. The van der Waals surface area contributed by atoms with E-state index in [1.54, 1.807) is 26.6 Å². The highest BCUT2D eigenvalue weighted by molar-refractivity contribution is 8.68. The summed E-state index contributed by atoms with van der Waals surface area (Å²) in [5.74, 6) is 0.549. The second-order valence-electron chi connectivity index (χ2n) is 4.50. The molecule has 0 unspecified atom stereocenters. The van der Waals surface area contributed by atoms with Crippen molar-refractivity contribution in [2.75, 3.05) is 0 Å². The molecule has 27 heavy (non-hydrogen) atoms. The van der Waals surface area contributed by atoms with Crippen molar-refractivity contribution in [3.8, 4) is 0 Å². The molecule has 0 aromatic heterocycles. The molecule has 0 aliphatic rings. The van der Waals surface area contributed by atoms with E-state index in [4.69, 9.17) is 0 Å². The van der Waals surface area contributed by atoms with Gasteiger partial charge in [0.05, 0.1) is 0 Å². The Morgan fingerprint density at radius 2 is 1.04 bits per heavy atom. The second-order valence-corrected chi connectivity index (χ2v) is 13.3. The SMILES string of the molecule is CC.CC.CCCC(c1ccccc1)c1ccccc1.S=S=S=S=S=S=S. The summed E-state index contributed by atoms with van der Waals surface area (Å²) in [7, 11) is 7.36. The van der Waals surface area contributed by atoms with Gasteiger partial charge in [0.25, 0.3) is 0 Å².